The molecule has 0 spiro atoms. The monoisotopic (exact) mass is 493 g/mol. The van der Waals surface area contributed by atoms with Gasteiger partial charge in [-0.25, -0.2) is 15.0 Å². The fourth-order valence-corrected chi connectivity index (χ4v) is 4.84. The van der Waals surface area contributed by atoms with Gasteiger partial charge in [-0.15, -0.1) is 0 Å². The van der Waals surface area contributed by atoms with Crippen LogP contribution in [0.25, 0.3) is 5.82 Å². The van der Waals surface area contributed by atoms with E-state index in [0.717, 1.165) is 28.7 Å². The molecule has 5 rings (SSSR count). The third-order valence-electron chi connectivity index (χ3n) is 6.84. The Labute approximate surface area is 209 Å². The predicted molar refractivity (Wildman–Crippen MR) is 134 cm³/mol. The van der Waals surface area contributed by atoms with Crippen LogP contribution in [0.2, 0.25) is 5.02 Å². The molecule has 0 aliphatic carbocycles. The molecule has 9 nitrogen and oxygen atoms in total. The molecule has 1 unspecified atom stereocenters. The minimum atomic E-state index is -0.329. The Morgan fingerprint density at radius 3 is 2.34 bits per heavy atom. The highest BCUT2D eigenvalue weighted by Crippen LogP contribution is 2.28. The van der Waals surface area contributed by atoms with Crippen LogP contribution in [0.5, 0.6) is 0 Å². The van der Waals surface area contributed by atoms with Crippen molar-refractivity contribution in [2.24, 2.45) is 5.92 Å². The lowest BCUT2D eigenvalue weighted by molar-refractivity contribution is -0.136. The number of imidazole rings is 1. The summed E-state index contributed by atoms with van der Waals surface area (Å²) in [5, 5.41) is 0.618. The molecular weight excluding hydrogens is 466 g/mol. The van der Waals surface area contributed by atoms with E-state index in [2.05, 4.69) is 19.9 Å². The van der Waals surface area contributed by atoms with Gasteiger partial charge in [0.15, 0.2) is 0 Å². The molecule has 2 aromatic heterocycles. The fraction of sp³-hybridized carbons (Fsp3) is 0.400. The molecule has 2 saturated heterocycles. The first-order chi connectivity index (χ1) is 16.8. The Morgan fingerprint density at radius 1 is 1.00 bits per heavy atom. The van der Waals surface area contributed by atoms with E-state index in [1.54, 1.807) is 23.4 Å². The zero-order valence-corrected chi connectivity index (χ0v) is 20.9. The normalized spacial score (nSPS) is 18.5. The van der Waals surface area contributed by atoms with Crippen molar-refractivity contribution < 1.29 is 9.59 Å². The van der Waals surface area contributed by atoms with Gasteiger partial charge in [0.1, 0.15) is 23.8 Å². The second-order valence-corrected chi connectivity index (χ2v) is 9.55. The van der Waals surface area contributed by atoms with Gasteiger partial charge in [-0.05, 0) is 45.0 Å². The van der Waals surface area contributed by atoms with Crippen molar-refractivity contribution in [2.45, 2.75) is 27.2 Å². The topological polar surface area (TPSA) is 87.5 Å². The Hall–Kier alpha value is -3.46. The number of aryl methyl sites for hydroxylation is 2. The fourth-order valence-electron chi connectivity index (χ4n) is 4.71. The van der Waals surface area contributed by atoms with Gasteiger partial charge in [0.2, 0.25) is 11.8 Å². The molecule has 1 atom stereocenters. The van der Waals surface area contributed by atoms with E-state index in [-0.39, 0.29) is 24.2 Å². The van der Waals surface area contributed by atoms with E-state index in [0.29, 0.717) is 43.6 Å². The van der Waals surface area contributed by atoms with Crippen molar-refractivity contribution in [1.29, 1.82) is 0 Å². The smallest absolute Gasteiger partial charge is 0.228 e. The number of aromatic nitrogens is 4. The van der Waals surface area contributed by atoms with Gasteiger partial charge in [-0.3, -0.25) is 14.2 Å². The number of carbonyl (C=O) groups excluding carboxylic acids is 2. The van der Waals surface area contributed by atoms with Crippen molar-refractivity contribution in [1.82, 2.24) is 24.4 Å². The molecule has 2 fully saturated rings. The molecule has 0 N–H and O–H groups in total. The third kappa shape index (κ3) is 4.60. The molecule has 1 aromatic carbocycles. The summed E-state index contributed by atoms with van der Waals surface area (Å²) in [6, 6.07) is 9.12. The maximum atomic E-state index is 13.2. The van der Waals surface area contributed by atoms with E-state index >= 15 is 0 Å². The first-order valence-corrected chi connectivity index (χ1v) is 12.1. The molecule has 0 bridgehead atoms. The minimum absolute atomic E-state index is 0.0293. The molecule has 2 amide bonds. The first kappa shape index (κ1) is 23.3. The van der Waals surface area contributed by atoms with E-state index in [4.69, 9.17) is 11.6 Å². The van der Waals surface area contributed by atoms with Crippen LogP contribution >= 0.6 is 11.6 Å². The summed E-state index contributed by atoms with van der Waals surface area (Å²) in [5.74, 6) is 2.00. The standard InChI is InChI=1S/C25H28ClN7O2/c1-16-17(2)33(15-27-16)23-13-22(28-18(3)29-23)30-8-10-31(11-9-30)25(35)19-12-24(34)32(14-19)21-6-4-20(26)5-7-21/h4-7,13,15,19H,8-12,14H2,1-3H3. The summed E-state index contributed by atoms with van der Waals surface area (Å²) in [6.45, 7) is 8.80. The van der Waals surface area contributed by atoms with Crippen LogP contribution in [-0.4, -0.2) is 69.0 Å². The highest BCUT2D eigenvalue weighted by Gasteiger charge is 2.38. The zero-order chi connectivity index (χ0) is 24.7. The van der Waals surface area contributed by atoms with Gasteiger partial charge in [0, 0.05) is 61.6 Å². The number of amides is 2. The Morgan fingerprint density at radius 2 is 1.69 bits per heavy atom. The average molecular weight is 494 g/mol. The number of benzene rings is 1. The lowest BCUT2D eigenvalue weighted by Gasteiger charge is -2.36. The maximum absolute atomic E-state index is 13.2. The highest BCUT2D eigenvalue weighted by molar-refractivity contribution is 6.30. The third-order valence-corrected chi connectivity index (χ3v) is 7.09. The van der Waals surface area contributed by atoms with Crippen LogP contribution in [0.4, 0.5) is 11.5 Å². The Balaban J connectivity index is 1.24. The number of nitrogens with zero attached hydrogens (tertiary/aromatic N) is 7. The van der Waals surface area contributed by atoms with Crippen LogP contribution in [-0.2, 0) is 9.59 Å². The molecular formula is C25H28ClN7O2. The van der Waals surface area contributed by atoms with E-state index in [1.807, 2.05) is 48.4 Å². The number of hydrogen-bond donors (Lipinski definition) is 0. The van der Waals surface area contributed by atoms with Crippen LogP contribution in [0.3, 0.4) is 0 Å². The lowest BCUT2D eigenvalue weighted by atomic mass is 10.1. The second-order valence-electron chi connectivity index (χ2n) is 9.11. The zero-order valence-electron chi connectivity index (χ0n) is 20.1. The predicted octanol–water partition coefficient (Wildman–Crippen LogP) is 2.94. The number of hydrogen-bond acceptors (Lipinski definition) is 6. The van der Waals surface area contributed by atoms with Crippen LogP contribution in [0, 0.1) is 26.7 Å². The molecule has 182 valence electrons. The average Bonchev–Trinajstić information content (AvgIpc) is 3.40. The largest absolute Gasteiger partial charge is 0.353 e. The van der Waals surface area contributed by atoms with Crippen LogP contribution in [0.15, 0.2) is 36.7 Å². The second kappa shape index (κ2) is 9.30. The highest BCUT2D eigenvalue weighted by atomic mass is 35.5. The van der Waals surface area contributed by atoms with Gasteiger partial charge >= 0.3 is 0 Å². The number of rotatable bonds is 4. The molecule has 2 aliphatic rings. The first-order valence-electron chi connectivity index (χ1n) is 11.8. The summed E-state index contributed by atoms with van der Waals surface area (Å²) in [4.78, 5) is 45.2. The van der Waals surface area contributed by atoms with E-state index < -0.39 is 0 Å². The van der Waals surface area contributed by atoms with Crippen LogP contribution < -0.4 is 9.80 Å². The number of carbonyl (C=O) groups is 2. The summed E-state index contributed by atoms with van der Waals surface area (Å²) < 4.78 is 1.97. The van der Waals surface area contributed by atoms with Gasteiger partial charge in [0.05, 0.1) is 11.6 Å². The quantitative estimate of drug-likeness (QED) is 0.555. The lowest BCUT2D eigenvalue weighted by Crippen LogP contribution is -2.51. The van der Waals surface area contributed by atoms with Crippen molar-refractivity contribution >= 4 is 34.9 Å². The summed E-state index contributed by atoms with van der Waals surface area (Å²) in [7, 11) is 0. The molecule has 4 heterocycles. The van der Waals surface area contributed by atoms with Gasteiger partial charge in [-0.2, -0.15) is 0 Å². The Kier molecular flexibility index (Phi) is 6.19. The van der Waals surface area contributed by atoms with Crippen molar-refractivity contribution in [3.05, 3.63) is 58.9 Å². The summed E-state index contributed by atoms with van der Waals surface area (Å²) in [6.07, 6.45) is 2.02. The van der Waals surface area contributed by atoms with Crippen molar-refractivity contribution in [2.75, 3.05) is 42.5 Å². The van der Waals surface area contributed by atoms with E-state index in [9.17, 15) is 9.59 Å². The van der Waals surface area contributed by atoms with Gasteiger partial charge < -0.3 is 14.7 Å². The van der Waals surface area contributed by atoms with E-state index in [1.165, 1.54) is 0 Å². The number of piperazine rings is 1. The van der Waals surface area contributed by atoms with Crippen LogP contribution in [0.1, 0.15) is 23.6 Å². The molecule has 3 aromatic rings. The molecule has 10 heteroatoms. The SMILES string of the molecule is Cc1nc(N2CCN(C(=O)C3CC(=O)N(c4ccc(Cl)cc4)C3)CC2)cc(-n2cnc(C)c2C)n1. The molecule has 2 aliphatic heterocycles. The molecule has 0 radical (unpaired) electrons. The minimum Gasteiger partial charge on any atom is -0.353 e. The molecule has 0 saturated carbocycles. The number of anilines is 2. The van der Waals surface area contributed by atoms with Gasteiger partial charge in [-0.1, -0.05) is 11.6 Å². The van der Waals surface area contributed by atoms with Crippen molar-refractivity contribution in [3.8, 4) is 5.82 Å². The Bertz CT molecular complexity index is 1270. The van der Waals surface area contributed by atoms with Gasteiger partial charge in [0.25, 0.3) is 0 Å². The summed E-state index contributed by atoms with van der Waals surface area (Å²) >= 11 is 5.97. The maximum Gasteiger partial charge on any atom is 0.228 e. The number of halogens is 1. The summed E-state index contributed by atoms with van der Waals surface area (Å²) in [5.41, 5.74) is 2.79. The van der Waals surface area contributed by atoms with Crippen molar-refractivity contribution in [3.63, 3.8) is 0 Å². The molecule has 35 heavy (non-hydrogen) atoms.